The van der Waals surface area contributed by atoms with E-state index in [4.69, 9.17) is 4.74 Å². The van der Waals surface area contributed by atoms with Gasteiger partial charge in [0, 0.05) is 12.0 Å². The summed E-state index contributed by atoms with van der Waals surface area (Å²) in [6.45, 7) is 4.00. The van der Waals surface area contributed by atoms with E-state index in [-0.39, 0.29) is 11.5 Å². The fraction of sp³-hybridized carbons (Fsp3) is 0.235. The first-order valence-corrected chi connectivity index (χ1v) is 6.43. The monoisotopic (exact) mass is 272 g/mol. The van der Waals surface area contributed by atoms with Gasteiger partial charge in [-0.25, -0.2) is 4.39 Å². The summed E-state index contributed by atoms with van der Waals surface area (Å²) in [6.07, 6.45) is 0.303. The van der Waals surface area contributed by atoms with Crippen molar-refractivity contribution in [2.24, 2.45) is 0 Å². The van der Waals surface area contributed by atoms with Crippen LogP contribution >= 0.6 is 0 Å². The normalized spacial score (nSPS) is 10.4. The first-order valence-electron chi connectivity index (χ1n) is 6.43. The van der Waals surface area contributed by atoms with Gasteiger partial charge in [0.2, 0.25) is 0 Å². The topological polar surface area (TPSA) is 26.3 Å². The third-order valence-electron chi connectivity index (χ3n) is 3.12. The summed E-state index contributed by atoms with van der Waals surface area (Å²) in [7, 11) is 1.39. The van der Waals surface area contributed by atoms with Gasteiger partial charge in [0.1, 0.15) is 0 Å². The molecule has 20 heavy (non-hydrogen) atoms. The Bertz CT molecular complexity index is 627. The molecule has 0 bridgehead atoms. The Balaban J connectivity index is 2.23. The van der Waals surface area contributed by atoms with Gasteiger partial charge in [0.25, 0.3) is 0 Å². The van der Waals surface area contributed by atoms with Crippen LogP contribution in [-0.2, 0) is 6.42 Å². The average Bonchev–Trinajstić information content (AvgIpc) is 2.37. The SMILES string of the molecule is COc1cc(C(=O)Cc2cc(C)cc(C)c2)ccc1F. The van der Waals surface area contributed by atoms with E-state index in [0.29, 0.717) is 12.0 Å². The van der Waals surface area contributed by atoms with Gasteiger partial charge in [-0.05, 0) is 37.6 Å². The summed E-state index contributed by atoms with van der Waals surface area (Å²) in [4.78, 5) is 12.2. The number of Topliss-reactive ketones (excluding diaryl/α,β-unsaturated/α-hetero) is 1. The molecule has 0 saturated heterocycles. The van der Waals surface area contributed by atoms with Crippen molar-refractivity contribution in [2.45, 2.75) is 20.3 Å². The molecule has 0 atom stereocenters. The lowest BCUT2D eigenvalue weighted by atomic mass is 9.99. The molecule has 0 aliphatic carbocycles. The zero-order valence-corrected chi connectivity index (χ0v) is 11.9. The van der Waals surface area contributed by atoms with E-state index >= 15 is 0 Å². The molecule has 0 radical (unpaired) electrons. The summed E-state index contributed by atoms with van der Waals surface area (Å²) in [6, 6.07) is 10.2. The van der Waals surface area contributed by atoms with Crippen LogP contribution in [0, 0.1) is 19.7 Å². The van der Waals surface area contributed by atoms with Crippen molar-refractivity contribution in [2.75, 3.05) is 7.11 Å². The summed E-state index contributed by atoms with van der Waals surface area (Å²) in [5.41, 5.74) is 3.69. The number of aryl methyl sites for hydroxylation is 2. The number of halogens is 1. The number of rotatable bonds is 4. The van der Waals surface area contributed by atoms with Gasteiger partial charge in [-0.3, -0.25) is 4.79 Å². The number of benzene rings is 2. The van der Waals surface area contributed by atoms with Crippen molar-refractivity contribution in [3.8, 4) is 5.75 Å². The maximum absolute atomic E-state index is 13.3. The smallest absolute Gasteiger partial charge is 0.167 e. The predicted octanol–water partition coefficient (Wildman–Crippen LogP) is 3.88. The van der Waals surface area contributed by atoms with Gasteiger partial charge in [-0.1, -0.05) is 29.3 Å². The van der Waals surface area contributed by atoms with Crippen molar-refractivity contribution < 1.29 is 13.9 Å². The van der Waals surface area contributed by atoms with Crippen LogP contribution in [-0.4, -0.2) is 12.9 Å². The van der Waals surface area contributed by atoms with E-state index in [2.05, 4.69) is 6.07 Å². The van der Waals surface area contributed by atoms with E-state index in [1.165, 1.54) is 25.3 Å². The number of ketones is 1. The number of carbonyl (C=O) groups excluding carboxylic acids is 1. The zero-order valence-electron chi connectivity index (χ0n) is 11.9. The molecule has 0 saturated carbocycles. The summed E-state index contributed by atoms with van der Waals surface area (Å²) in [5, 5.41) is 0. The van der Waals surface area contributed by atoms with E-state index in [0.717, 1.165) is 16.7 Å². The van der Waals surface area contributed by atoms with Gasteiger partial charge in [-0.2, -0.15) is 0 Å². The lowest BCUT2D eigenvalue weighted by molar-refractivity contribution is 0.0992. The van der Waals surface area contributed by atoms with Crippen LogP contribution in [0.1, 0.15) is 27.0 Å². The molecular formula is C17H17FO2. The maximum Gasteiger partial charge on any atom is 0.167 e. The number of methoxy groups -OCH3 is 1. The number of ether oxygens (including phenoxy) is 1. The second-order valence-corrected chi connectivity index (χ2v) is 4.95. The highest BCUT2D eigenvalue weighted by atomic mass is 19.1. The van der Waals surface area contributed by atoms with E-state index in [1.807, 2.05) is 26.0 Å². The van der Waals surface area contributed by atoms with Gasteiger partial charge in [0.15, 0.2) is 17.3 Å². The quantitative estimate of drug-likeness (QED) is 0.790. The zero-order chi connectivity index (χ0) is 14.7. The molecule has 0 fully saturated rings. The number of hydrogen-bond donors (Lipinski definition) is 0. The van der Waals surface area contributed by atoms with Crippen molar-refractivity contribution in [3.63, 3.8) is 0 Å². The molecule has 3 heteroatoms. The van der Waals surface area contributed by atoms with Crippen LogP contribution in [0.25, 0.3) is 0 Å². The van der Waals surface area contributed by atoms with Crippen LogP contribution in [0.2, 0.25) is 0 Å². The molecule has 2 nitrogen and oxygen atoms in total. The molecule has 0 aliphatic rings. The van der Waals surface area contributed by atoms with Crippen molar-refractivity contribution in [3.05, 3.63) is 64.5 Å². The first kappa shape index (κ1) is 14.3. The molecule has 2 aromatic rings. The minimum atomic E-state index is -0.463. The molecule has 0 unspecified atom stereocenters. The van der Waals surface area contributed by atoms with Crippen LogP contribution in [0.5, 0.6) is 5.75 Å². The molecule has 2 aromatic carbocycles. The van der Waals surface area contributed by atoms with Crippen LogP contribution in [0.15, 0.2) is 36.4 Å². The average molecular weight is 272 g/mol. The van der Waals surface area contributed by atoms with Gasteiger partial charge >= 0.3 is 0 Å². The van der Waals surface area contributed by atoms with E-state index in [9.17, 15) is 9.18 Å². The Morgan fingerprint density at radius 3 is 2.35 bits per heavy atom. The Hall–Kier alpha value is -2.16. The number of carbonyl (C=O) groups is 1. The molecule has 0 heterocycles. The molecule has 0 N–H and O–H groups in total. The Morgan fingerprint density at radius 1 is 1.10 bits per heavy atom. The van der Waals surface area contributed by atoms with Gasteiger partial charge < -0.3 is 4.74 Å². The fourth-order valence-electron chi connectivity index (χ4n) is 2.29. The Kier molecular flexibility index (Phi) is 4.18. The summed E-state index contributed by atoms with van der Waals surface area (Å²) in [5.74, 6) is -0.417. The minimum Gasteiger partial charge on any atom is -0.494 e. The lowest BCUT2D eigenvalue weighted by Crippen LogP contribution is -2.05. The van der Waals surface area contributed by atoms with E-state index in [1.54, 1.807) is 0 Å². The maximum atomic E-state index is 13.3. The van der Waals surface area contributed by atoms with Crippen LogP contribution in [0.3, 0.4) is 0 Å². The standard InChI is InChI=1S/C17H17FO2/c1-11-6-12(2)8-13(7-11)9-16(19)14-4-5-15(18)17(10-14)20-3/h4-8,10H,9H2,1-3H3. The second-order valence-electron chi connectivity index (χ2n) is 4.95. The highest BCUT2D eigenvalue weighted by Crippen LogP contribution is 2.20. The fourth-order valence-corrected chi connectivity index (χ4v) is 2.29. The Labute approximate surface area is 118 Å². The van der Waals surface area contributed by atoms with Gasteiger partial charge in [-0.15, -0.1) is 0 Å². The van der Waals surface area contributed by atoms with Crippen molar-refractivity contribution in [1.82, 2.24) is 0 Å². The van der Waals surface area contributed by atoms with Crippen LogP contribution in [0.4, 0.5) is 4.39 Å². The highest BCUT2D eigenvalue weighted by Gasteiger charge is 2.11. The van der Waals surface area contributed by atoms with Crippen molar-refractivity contribution in [1.29, 1.82) is 0 Å². The van der Waals surface area contributed by atoms with E-state index < -0.39 is 5.82 Å². The molecule has 2 rings (SSSR count). The highest BCUT2D eigenvalue weighted by molar-refractivity contribution is 5.97. The molecule has 0 amide bonds. The summed E-state index contributed by atoms with van der Waals surface area (Å²) < 4.78 is 18.2. The molecule has 0 aromatic heterocycles. The molecule has 104 valence electrons. The second kappa shape index (κ2) is 5.87. The summed E-state index contributed by atoms with van der Waals surface area (Å²) >= 11 is 0. The number of hydrogen-bond acceptors (Lipinski definition) is 2. The molecule has 0 aliphatic heterocycles. The molecular weight excluding hydrogens is 255 g/mol. The predicted molar refractivity (Wildman–Crippen MR) is 76.9 cm³/mol. The lowest BCUT2D eigenvalue weighted by Gasteiger charge is -2.07. The third-order valence-corrected chi connectivity index (χ3v) is 3.12. The molecule has 0 spiro atoms. The Morgan fingerprint density at radius 2 is 1.75 bits per heavy atom. The third kappa shape index (κ3) is 3.23. The largest absolute Gasteiger partial charge is 0.494 e. The van der Waals surface area contributed by atoms with Gasteiger partial charge in [0.05, 0.1) is 7.11 Å². The first-order chi connectivity index (χ1) is 9.49. The minimum absolute atomic E-state index is 0.0479. The van der Waals surface area contributed by atoms with Crippen molar-refractivity contribution >= 4 is 5.78 Å². The van der Waals surface area contributed by atoms with Crippen LogP contribution < -0.4 is 4.74 Å².